The standard InChI is InChI=1S/C23H23FN6O4/c1-23(2,32)21-10-20(27-34-21)19-6-3-14(11-25-19)17-5-4-15(9-18(17)24)30-13-16(33-22(30)31)12-29-8-7-26-28-29/h3-11,16,21,27,32H,12-13H2,1-2H3/t16-,21?/m0/s1. The third kappa shape index (κ3) is 4.35. The number of aliphatic hydroxyl groups is 1. The second kappa shape index (κ2) is 8.50. The van der Waals surface area contributed by atoms with Gasteiger partial charge in [-0.15, -0.1) is 5.10 Å². The van der Waals surface area contributed by atoms with Crippen molar-refractivity contribution in [3.8, 4) is 11.1 Å². The minimum atomic E-state index is -1.04. The Morgan fingerprint density at radius 1 is 1.29 bits per heavy atom. The van der Waals surface area contributed by atoms with Crippen molar-refractivity contribution in [1.82, 2.24) is 25.5 Å². The van der Waals surface area contributed by atoms with E-state index in [9.17, 15) is 9.90 Å². The number of carbonyl (C=O) groups is 1. The summed E-state index contributed by atoms with van der Waals surface area (Å²) in [5.74, 6) is -0.483. The van der Waals surface area contributed by atoms with E-state index in [1.54, 1.807) is 67.5 Å². The van der Waals surface area contributed by atoms with E-state index in [4.69, 9.17) is 9.57 Å². The maximum atomic E-state index is 15.0. The van der Waals surface area contributed by atoms with Crippen LogP contribution < -0.4 is 10.4 Å². The lowest BCUT2D eigenvalue weighted by atomic mass is 10.0. The normalized spacial score (nSPS) is 20.3. The zero-order chi connectivity index (χ0) is 23.9. The summed E-state index contributed by atoms with van der Waals surface area (Å²) in [5, 5.41) is 17.7. The van der Waals surface area contributed by atoms with Crippen LogP contribution in [0.2, 0.25) is 0 Å². The van der Waals surface area contributed by atoms with Crippen molar-refractivity contribution in [2.45, 2.75) is 38.2 Å². The topological polar surface area (TPSA) is 115 Å². The fraction of sp³-hybridized carbons (Fsp3) is 0.304. The highest BCUT2D eigenvalue weighted by molar-refractivity contribution is 5.90. The number of halogens is 1. The molecule has 1 aromatic carbocycles. The zero-order valence-corrected chi connectivity index (χ0v) is 18.6. The van der Waals surface area contributed by atoms with Crippen LogP contribution in [0.25, 0.3) is 16.8 Å². The van der Waals surface area contributed by atoms with Crippen LogP contribution in [0.1, 0.15) is 19.5 Å². The Bertz CT molecular complexity index is 1220. The highest BCUT2D eigenvalue weighted by atomic mass is 19.1. The van der Waals surface area contributed by atoms with Gasteiger partial charge in [-0.2, -0.15) is 0 Å². The number of hydrogen-bond acceptors (Lipinski definition) is 8. The number of hydrogen-bond donors (Lipinski definition) is 2. The van der Waals surface area contributed by atoms with E-state index >= 15 is 4.39 Å². The molecule has 0 spiro atoms. The second-order valence-electron chi connectivity index (χ2n) is 8.71. The molecule has 10 nitrogen and oxygen atoms in total. The molecular formula is C23H23FN6O4. The van der Waals surface area contributed by atoms with E-state index in [-0.39, 0.29) is 6.54 Å². The highest BCUT2D eigenvalue weighted by Crippen LogP contribution is 2.30. The van der Waals surface area contributed by atoms with Crippen molar-refractivity contribution in [2.24, 2.45) is 0 Å². The molecule has 0 saturated carbocycles. The quantitative estimate of drug-likeness (QED) is 0.570. The number of cyclic esters (lactones) is 1. The van der Waals surface area contributed by atoms with Gasteiger partial charge in [0.2, 0.25) is 0 Å². The average molecular weight is 466 g/mol. The van der Waals surface area contributed by atoms with E-state index in [1.165, 1.54) is 11.0 Å². The lowest BCUT2D eigenvalue weighted by Gasteiger charge is -2.21. The monoisotopic (exact) mass is 466 g/mol. The number of anilines is 1. The maximum absolute atomic E-state index is 15.0. The number of aromatic nitrogens is 4. The van der Waals surface area contributed by atoms with E-state index in [0.29, 0.717) is 34.8 Å². The van der Waals surface area contributed by atoms with Gasteiger partial charge in [0.1, 0.15) is 18.0 Å². The first kappa shape index (κ1) is 22.0. The number of pyridine rings is 1. The summed E-state index contributed by atoms with van der Waals surface area (Å²) in [7, 11) is 0. The Hall–Kier alpha value is -3.83. The summed E-state index contributed by atoms with van der Waals surface area (Å²) in [5.41, 5.74) is 4.30. The summed E-state index contributed by atoms with van der Waals surface area (Å²) in [6.07, 6.45) is 5.09. The zero-order valence-electron chi connectivity index (χ0n) is 18.6. The molecule has 11 heteroatoms. The first-order valence-corrected chi connectivity index (χ1v) is 10.7. The van der Waals surface area contributed by atoms with E-state index < -0.39 is 29.7 Å². The Labute approximate surface area is 194 Å². The first-order chi connectivity index (χ1) is 16.3. The van der Waals surface area contributed by atoms with Crippen molar-refractivity contribution in [3.05, 3.63) is 66.5 Å². The molecule has 176 valence electrons. The van der Waals surface area contributed by atoms with Gasteiger partial charge < -0.3 is 9.84 Å². The number of nitrogens with one attached hydrogen (secondary N) is 1. The van der Waals surface area contributed by atoms with Crippen molar-refractivity contribution in [1.29, 1.82) is 0 Å². The summed E-state index contributed by atoms with van der Waals surface area (Å²) >= 11 is 0. The molecule has 1 amide bonds. The van der Waals surface area contributed by atoms with E-state index in [0.717, 1.165) is 0 Å². The third-order valence-corrected chi connectivity index (χ3v) is 5.66. The first-order valence-electron chi connectivity index (χ1n) is 10.7. The van der Waals surface area contributed by atoms with Crippen LogP contribution in [0.4, 0.5) is 14.9 Å². The van der Waals surface area contributed by atoms with E-state index in [1.807, 2.05) is 0 Å². The summed E-state index contributed by atoms with van der Waals surface area (Å²) in [6.45, 7) is 3.96. The molecule has 0 aliphatic carbocycles. The molecule has 2 aliphatic heterocycles. The van der Waals surface area contributed by atoms with E-state index in [2.05, 4.69) is 20.8 Å². The third-order valence-electron chi connectivity index (χ3n) is 5.66. The number of amides is 1. The van der Waals surface area contributed by atoms with Crippen molar-refractivity contribution >= 4 is 17.5 Å². The van der Waals surface area contributed by atoms with Gasteiger partial charge in [0, 0.05) is 23.5 Å². The molecule has 1 saturated heterocycles. The molecule has 1 unspecified atom stereocenters. The maximum Gasteiger partial charge on any atom is 0.414 e. The van der Waals surface area contributed by atoms with Crippen LogP contribution in [0, 0.1) is 5.82 Å². The van der Waals surface area contributed by atoms with Crippen LogP contribution in [0.15, 0.2) is 55.0 Å². The fourth-order valence-electron chi connectivity index (χ4n) is 3.82. The molecule has 2 N–H and O–H groups in total. The Kier molecular flexibility index (Phi) is 5.50. The average Bonchev–Trinajstić information content (AvgIpc) is 3.55. The molecule has 5 rings (SSSR count). The summed E-state index contributed by atoms with van der Waals surface area (Å²) in [4.78, 5) is 23.5. The predicted octanol–water partition coefficient (Wildman–Crippen LogP) is 2.52. The number of nitrogens with zero attached hydrogens (tertiary/aromatic N) is 5. The smallest absolute Gasteiger partial charge is 0.414 e. The van der Waals surface area contributed by atoms with Gasteiger partial charge in [-0.1, -0.05) is 11.3 Å². The number of rotatable bonds is 6. The van der Waals surface area contributed by atoms with Crippen LogP contribution >= 0.6 is 0 Å². The van der Waals surface area contributed by atoms with Gasteiger partial charge in [-0.3, -0.25) is 20.2 Å². The molecule has 2 aliphatic rings. The second-order valence-corrected chi connectivity index (χ2v) is 8.71. The molecule has 4 heterocycles. The van der Waals surface area contributed by atoms with Gasteiger partial charge in [-0.05, 0) is 44.2 Å². The van der Waals surface area contributed by atoms with Crippen molar-refractivity contribution < 1.29 is 23.9 Å². The molecular weight excluding hydrogens is 443 g/mol. The minimum Gasteiger partial charge on any atom is -0.442 e. The van der Waals surface area contributed by atoms with Gasteiger partial charge >= 0.3 is 6.09 Å². The van der Waals surface area contributed by atoms with Crippen LogP contribution in [0.5, 0.6) is 0 Å². The number of carbonyl (C=O) groups excluding carboxylic acids is 1. The molecule has 1 fully saturated rings. The lowest BCUT2D eigenvalue weighted by Crippen LogP contribution is -2.36. The molecule has 3 aromatic rings. The summed E-state index contributed by atoms with van der Waals surface area (Å²) < 4.78 is 22.0. The Morgan fingerprint density at radius 3 is 2.79 bits per heavy atom. The molecule has 2 atom stereocenters. The van der Waals surface area contributed by atoms with Crippen molar-refractivity contribution in [3.63, 3.8) is 0 Å². The molecule has 2 aromatic heterocycles. The SMILES string of the molecule is CC(C)(O)C1C=C(c2ccc(-c3ccc(N4C[C@H](Cn5ccnn5)OC4=O)cc3F)cn2)NO1. The highest BCUT2D eigenvalue weighted by Gasteiger charge is 2.33. The molecule has 34 heavy (non-hydrogen) atoms. The number of hydroxylamine groups is 1. The molecule has 0 radical (unpaired) electrons. The predicted molar refractivity (Wildman–Crippen MR) is 120 cm³/mol. The van der Waals surface area contributed by atoms with Gasteiger partial charge in [0.05, 0.1) is 42.0 Å². The van der Waals surface area contributed by atoms with Crippen LogP contribution in [0.3, 0.4) is 0 Å². The number of benzene rings is 1. The minimum absolute atomic E-state index is 0.281. The Balaban J connectivity index is 1.30. The van der Waals surface area contributed by atoms with Crippen LogP contribution in [-0.2, 0) is 16.1 Å². The van der Waals surface area contributed by atoms with Gasteiger partial charge in [0.25, 0.3) is 0 Å². The largest absolute Gasteiger partial charge is 0.442 e. The van der Waals surface area contributed by atoms with Crippen LogP contribution in [-0.4, -0.2) is 55.5 Å². The number of ether oxygens (including phenoxy) is 1. The van der Waals surface area contributed by atoms with Crippen molar-refractivity contribution in [2.75, 3.05) is 11.4 Å². The fourth-order valence-corrected chi connectivity index (χ4v) is 3.82. The summed E-state index contributed by atoms with van der Waals surface area (Å²) in [6, 6.07) is 8.09. The van der Waals surface area contributed by atoms with Gasteiger partial charge in [0.15, 0.2) is 0 Å². The lowest BCUT2D eigenvalue weighted by molar-refractivity contribution is -0.0766. The Morgan fingerprint density at radius 2 is 2.15 bits per heavy atom. The van der Waals surface area contributed by atoms with Gasteiger partial charge in [-0.25, -0.2) is 13.9 Å². The molecule has 0 bridgehead atoms.